The van der Waals surface area contributed by atoms with Gasteiger partial charge in [0.05, 0.1) is 24.0 Å². The highest BCUT2D eigenvalue weighted by Gasteiger charge is 2.23. The van der Waals surface area contributed by atoms with Crippen LogP contribution in [0.25, 0.3) is 0 Å². The molecule has 27 heavy (non-hydrogen) atoms. The number of benzene rings is 1. The topological polar surface area (TPSA) is 77.6 Å². The molecule has 1 aliphatic rings. The first-order chi connectivity index (χ1) is 13.1. The maximum Gasteiger partial charge on any atom is 0.279 e. The van der Waals surface area contributed by atoms with Crippen molar-refractivity contribution >= 4 is 11.7 Å². The van der Waals surface area contributed by atoms with Crippen LogP contribution in [0.4, 0.5) is 5.82 Å². The van der Waals surface area contributed by atoms with Gasteiger partial charge in [-0.15, -0.1) is 5.10 Å². The molecule has 3 aromatic rings. The van der Waals surface area contributed by atoms with E-state index in [1.54, 1.807) is 4.68 Å². The molecule has 0 unspecified atom stereocenters. The first-order valence-corrected chi connectivity index (χ1v) is 9.43. The van der Waals surface area contributed by atoms with E-state index in [9.17, 15) is 4.79 Å². The van der Waals surface area contributed by atoms with Gasteiger partial charge in [-0.05, 0) is 32.3 Å². The maximum atomic E-state index is 12.8. The number of hydrogen-bond acceptors (Lipinski definition) is 4. The number of amides is 1. The normalized spacial score (nSPS) is 14.6. The van der Waals surface area contributed by atoms with Gasteiger partial charge >= 0.3 is 0 Å². The minimum absolute atomic E-state index is 0.244. The molecule has 1 aliphatic carbocycles. The second-order valence-corrected chi connectivity index (χ2v) is 7.17. The summed E-state index contributed by atoms with van der Waals surface area (Å²) in [5.74, 6) is 0.493. The van der Waals surface area contributed by atoms with Gasteiger partial charge in [0, 0.05) is 6.07 Å². The highest BCUT2D eigenvalue weighted by atomic mass is 16.2. The Labute approximate surface area is 158 Å². The van der Waals surface area contributed by atoms with Crippen molar-refractivity contribution in [2.45, 2.75) is 52.1 Å². The van der Waals surface area contributed by atoms with E-state index in [0.29, 0.717) is 18.3 Å². The lowest BCUT2D eigenvalue weighted by atomic mass is 10.2. The summed E-state index contributed by atoms with van der Waals surface area (Å²) in [6, 6.07) is 12.3. The van der Waals surface area contributed by atoms with Crippen molar-refractivity contribution in [1.82, 2.24) is 24.8 Å². The van der Waals surface area contributed by atoms with Crippen LogP contribution in [-0.2, 0) is 6.54 Å². The zero-order valence-corrected chi connectivity index (χ0v) is 15.7. The highest BCUT2D eigenvalue weighted by Crippen LogP contribution is 2.32. The molecule has 140 valence electrons. The first kappa shape index (κ1) is 17.5. The number of aryl methyl sites for hydroxylation is 1. The summed E-state index contributed by atoms with van der Waals surface area (Å²) in [4.78, 5) is 12.8. The van der Waals surface area contributed by atoms with Gasteiger partial charge in [0.1, 0.15) is 5.82 Å². The molecule has 1 saturated carbocycles. The lowest BCUT2D eigenvalue weighted by Gasteiger charge is -2.14. The number of aromatic nitrogens is 5. The maximum absolute atomic E-state index is 12.8. The molecule has 7 nitrogen and oxygen atoms in total. The van der Waals surface area contributed by atoms with Crippen molar-refractivity contribution in [3.8, 4) is 0 Å². The fourth-order valence-corrected chi connectivity index (χ4v) is 3.69. The lowest BCUT2D eigenvalue weighted by Crippen LogP contribution is -2.19. The molecule has 1 fully saturated rings. The molecule has 0 bridgehead atoms. The highest BCUT2D eigenvalue weighted by molar-refractivity contribution is 6.03. The van der Waals surface area contributed by atoms with E-state index in [1.165, 1.54) is 12.8 Å². The second-order valence-electron chi connectivity index (χ2n) is 7.17. The fraction of sp³-hybridized carbons (Fsp3) is 0.400. The zero-order valence-electron chi connectivity index (χ0n) is 15.7. The molecule has 1 aromatic carbocycles. The van der Waals surface area contributed by atoms with Gasteiger partial charge in [0.2, 0.25) is 0 Å². The van der Waals surface area contributed by atoms with Gasteiger partial charge in [0.15, 0.2) is 5.69 Å². The summed E-state index contributed by atoms with van der Waals surface area (Å²) in [7, 11) is 0. The largest absolute Gasteiger partial charge is 0.305 e. The Morgan fingerprint density at radius 3 is 2.67 bits per heavy atom. The molecular formula is C20H24N6O. The molecule has 1 N–H and O–H groups in total. The molecule has 0 atom stereocenters. The van der Waals surface area contributed by atoms with E-state index in [1.807, 2.05) is 54.9 Å². The number of carbonyl (C=O) groups is 1. The van der Waals surface area contributed by atoms with Gasteiger partial charge in [-0.2, -0.15) is 5.10 Å². The summed E-state index contributed by atoms with van der Waals surface area (Å²) in [6.07, 6.45) is 4.64. The van der Waals surface area contributed by atoms with Gasteiger partial charge in [0.25, 0.3) is 5.91 Å². The monoisotopic (exact) mass is 364 g/mol. The molecular weight excluding hydrogens is 340 g/mol. The third-order valence-corrected chi connectivity index (χ3v) is 5.14. The van der Waals surface area contributed by atoms with Crippen molar-refractivity contribution in [3.63, 3.8) is 0 Å². The quantitative estimate of drug-likeness (QED) is 0.751. The molecule has 2 heterocycles. The fourth-order valence-electron chi connectivity index (χ4n) is 3.69. The van der Waals surface area contributed by atoms with Gasteiger partial charge in [-0.3, -0.25) is 4.79 Å². The Morgan fingerprint density at radius 1 is 1.19 bits per heavy atom. The summed E-state index contributed by atoms with van der Waals surface area (Å²) in [5.41, 5.74) is 3.12. The van der Waals surface area contributed by atoms with Crippen LogP contribution in [0.3, 0.4) is 0 Å². The molecule has 4 rings (SSSR count). The SMILES string of the molecule is Cc1cc(NC(=O)c2nnn(Cc3ccccc3)c2C)n(C2CCCC2)n1. The van der Waals surface area contributed by atoms with Crippen LogP contribution in [-0.4, -0.2) is 30.7 Å². The van der Waals surface area contributed by atoms with Crippen molar-refractivity contribution in [3.05, 3.63) is 59.0 Å². The number of nitrogens with one attached hydrogen (secondary N) is 1. The predicted octanol–water partition coefficient (Wildman–Crippen LogP) is 3.51. The van der Waals surface area contributed by atoms with Crippen molar-refractivity contribution in [1.29, 1.82) is 0 Å². The third-order valence-electron chi connectivity index (χ3n) is 5.14. The predicted molar refractivity (Wildman–Crippen MR) is 103 cm³/mol. The molecule has 1 amide bonds. The zero-order chi connectivity index (χ0) is 18.8. The number of nitrogens with zero attached hydrogens (tertiary/aromatic N) is 5. The van der Waals surface area contributed by atoms with Crippen LogP contribution in [0.15, 0.2) is 36.4 Å². The Balaban J connectivity index is 1.52. The van der Waals surface area contributed by atoms with Crippen molar-refractivity contribution in [2.75, 3.05) is 5.32 Å². The Hall–Kier alpha value is -2.96. The standard InChI is InChI=1S/C20H24N6O/c1-14-12-18(26(23-14)17-10-6-7-11-17)21-20(27)19-15(2)25(24-22-19)13-16-8-4-3-5-9-16/h3-5,8-9,12,17H,6-7,10-11,13H2,1-2H3,(H,21,27). The summed E-state index contributed by atoms with van der Waals surface area (Å²) in [5, 5.41) is 15.8. The van der Waals surface area contributed by atoms with Crippen LogP contribution >= 0.6 is 0 Å². The number of carbonyl (C=O) groups excluding carboxylic acids is 1. The minimum atomic E-state index is -0.244. The summed E-state index contributed by atoms with van der Waals surface area (Å²) < 4.78 is 3.72. The van der Waals surface area contributed by atoms with Crippen molar-refractivity contribution < 1.29 is 4.79 Å². The van der Waals surface area contributed by atoms with Crippen LogP contribution in [0.1, 0.15) is 59.2 Å². The van der Waals surface area contributed by atoms with Crippen LogP contribution in [0, 0.1) is 13.8 Å². The molecule has 2 aromatic heterocycles. The van der Waals surface area contributed by atoms with Crippen molar-refractivity contribution in [2.24, 2.45) is 0 Å². The number of anilines is 1. The van der Waals surface area contributed by atoms with E-state index in [2.05, 4.69) is 20.7 Å². The molecule has 0 saturated heterocycles. The molecule has 0 radical (unpaired) electrons. The Kier molecular flexibility index (Phi) is 4.75. The van der Waals surface area contributed by atoms with E-state index in [-0.39, 0.29) is 5.91 Å². The number of rotatable bonds is 5. The molecule has 0 spiro atoms. The molecule has 0 aliphatic heterocycles. The summed E-state index contributed by atoms with van der Waals surface area (Å²) in [6.45, 7) is 4.41. The average Bonchev–Trinajstić information content (AvgIpc) is 3.38. The van der Waals surface area contributed by atoms with Gasteiger partial charge < -0.3 is 5.32 Å². The Morgan fingerprint density at radius 2 is 1.93 bits per heavy atom. The Bertz CT molecular complexity index is 937. The van der Waals surface area contributed by atoms with E-state index in [4.69, 9.17) is 0 Å². The van der Waals surface area contributed by atoms with E-state index in [0.717, 1.165) is 35.6 Å². The van der Waals surface area contributed by atoms with E-state index >= 15 is 0 Å². The van der Waals surface area contributed by atoms with E-state index < -0.39 is 0 Å². The lowest BCUT2D eigenvalue weighted by molar-refractivity contribution is 0.102. The van der Waals surface area contributed by atoms with Gasteiger partial charge in [-0.25, -0.2) is 9.36 Å². The van der Waals surface area contributed by atoms with Crippen LogP contribution in [0.5, 0.6) is 0 Å². The first-order valence-electron chi connectivity index (χ1n) is 9.43. The number of hydrogen-bond donors (Lipinski definition) is 1. The van der Waals surface area contributed by atoms with Crippen LogP contribution < -0.4 is 5.32 Å². The third kappa shape index (κ3) is 3.63. The minimum Gasteiger partial charge on any atom is -0.305 e. The summed E-state index contributed by atoms with van der Waals surface area (Å²) >= 11 is 0. The van der Waals surface area contributed by atoms with Crippen LogP contribution in [0.2, 0.25) is 0 Å². The van der Waals surface area contributed by atoms with Gasteiger partial charge in [-0.1, -0.05) is 48.4 Å². The smallest absolute Gasteiger partial charge is 0.279 e. The second kappa shape index (κ2) is 7.34. The molecule has 7 heteroatoms. The average molecular weight is 364 g/mol.